The molecule has 2 rings (SSSR count). The summed E-state index contributed by atoms with van der Waals surface area (Å²) in [5, 5.41) is 0.926. The Hall–Kier alpha value is -1.90. The first-order valence-electron chi connectivity index (χ1n) is 7.40. The van der Waals surface area contributed by atoms with Crippen molar-refractivity contribution in [2.24, 2.45) is 0 Å². The number of likely N-dealkylation sites (N-methyl/N-ethyl adjacent to an activating group) is 1. The van der Waals surface area contributed by atoms with Crippen LogP contribution in [-0.2, 0) is 14.6 Å². The standard InChI is InChI=1S/C17H16BrClN2O4S/c1-21(2)17(23)16(20-15(22)11-3-5-12(18)6-4-11)26(24,25)14-9-7-13(19)8-10-14/h3-10,16H,1-2H3,(H,20,22). The second kappa shape index (κ2) is 8.20. The van der Waals surface area contributed by atoms with Gasteiger partial charge < -0.3 is 10.2 Å². The van der Waals surface area contributed by atoms with Gasteiger partial charge in [0.25, 0.3) is 11.8 Å². The van der Waals surface area contributed by atoms with Gasteiger partial charge in [-0.05, 0) is 48.5 Å². The fourth-order valence-corrected chi connectivity index (χ4v) is 3.99. The van der Waals surface area contributed by atoms with Crippen LogP contribution in [0.5, 0.6) is 0 Å². The first-order chi connectivity index (χ1) is 12.1. The summed E-state index contributed by atoms with van der Waals surface area (Å²) in [5.41, 5.74) is 0.232. The third-order valence-corrected chi connectivity index (χ3v) is 6.14. The highest BCUT2D eigenvalue weighted by Crippen LogP contribution is 2.19. The molecule has 0 fully saturated rings. The van der Waals surface area contributed by atoms with Crippen LogP contribution in [0.3, 0.4) is 0 Å². The minimum absolute atomic E-state index is 0.113. The summed E-state index contributed by atoms with van der Waals surface area (Å²) in [4.78, 5) is 25.9. The third kappa shape index (κ3) is 4.63. The maximum atomic E-state index is 12.9. The van der Waals surface area contributed by atoms with Gasteiger partial charge in [0.2, 0.25) is 15.2 Å². The van der Waals surface area contributed by atoms with Crippen LogP contribution in [0.25, 0.3) is 0 Å². The number of hydrogen-bond donors (Lipinski definition) is 1. The summed E-state index contributed by atoms with van der Waals surface area (Å²) in [6.45, 7) is 0. The van der Waals surface area contributed by atoms with E-state index in [0.29, 0.717) is 5.02 Å². The number of sulfone groups is 1. The first-order valence-corrected chi connectivity index (χ1v) is 10.1. The highest BCUT2D eigenvalue weighted by Gasteiger charge is 2.36. The topological polar surface area (TPSA) is 83.6 Å². The maximum absolute atomic E-state index is 12.9. The van der Waals surface area contributed by atoms with Crippen LogP contribution in [0.4, 0.5) is 0 Å². The van der Waals surface area contributed by atoms with Crippen molar-refractivity contribution in [3.8, 4) is 0 Å². The molecule has 0 aromatic heterocycles. The number of carbonyl (C=O) groups excluding carboxylic acids is 2. The molecule has 0 radical (unpaired) electrons. The second-order valence-corrected chi connectivity index (χ2v) is 8.98. The molecule has 1 N–H and O–H groups in total. The van der Waals surface area contributed by atoms with E-state index in [2.05, 4.69) is 21.2 Å². The molecule has 1 atom stereocenters. The summed E-state index contributed by atoms with van der Waals surface area (Å²) in [5.74, 6) is -1.43. The molecular formula is C17H16BrClN2O4S. The van der Waals surface area contributed by atoms with Crippen molar-refractivity contribution in [1.29, 1.82) is 0 Å². The molecule has 0 aliphatic heterocycles. The van der Waals surface area contributed by atoms with Crippen molar-refractivity contribution in [3.63, 3.8) is 0 Å². The zero-order valence-electron chi connectivity index (χ0n) is 13.9. The van der Waals surface area contributed by atoms with Crippen molar-refractivity contribution >= 4 is 49.2 Å². The van der Waals surface area contributed by atoms with Crippen molar-refractivity contribution in [1.82, 2.24) is 10.2 Å². The zero-order valence-corrected chi connectivity index (χ0v) is 17.1. The van der Waals surface area contributed by atoms with Crippen LogP contribution in [-0.4, -0.2) is 44.6 Å². The number of amides is 2. The summed E-state index contributed by atoms with van der Waals surface area (Å²) in [6, 6.07) is 11.7. The van der Waals surface area contributed by atoms with Gasteiger partial charge in [-0.25, -0.2) is 8.42 Å². The summed E-state index contributed by atoms with van der Waals surface area (Å²) >= 11 is 9.04. The molecule has 6 nitrogen and oxygen atoms in total. The Morgan fingerprint density at radius 1 is 1.04 bits per heavy atom. The van der Waals surface area contributed by atoms with Crippen LogP contribution in [0, 0.1) is 0 Å². The minimum atomic E-state index is -4.16. The first kappa shape index (κ1) is 20.4. The van der Waals surface area contributed by atoms with Crippen molar-refractivity contribution in [2.45, 2.75) is 10.3 Å². The molecule has 138 valence electrons. The lowest BCUT2D eigenvalue weighted by molar-refractivity contribution is -0.128. The fourth-order valence-electron chi connectivity index (χ4n) is 2.07. The Labute approximate surface area is 165 Å². The molecule has 0 bridgehead atoms. The molecule has 2 aromatic carbocycles. The maximum Gasteiger partial charge on any atom is 0.260 e. The molecule has 0 saturated carbocycles. The number of benzene rings is 2. The molecule has 0 heterocycles. The predicted octanol–water partition coefficient (Wildman–Crippen LogP) is 2.72. The lowest BCUT2D eigenvalue weighted by atomic mass is 10.2. The van der Waals surface area contributed by atoms with Gasteiger partial charge >= 0.3 is 0 Å². The number of halogens is 2. The van der Waals surface area contributed by atoms with E-state index in [-0.39, 0.29) is 10.5 Å². The Kier molecular flexibility index (Phi) is 6.44. The lowest BCUT2D eigenvalue weighted by Gasteiger charge is -2.22. The Morgan fingerprint density at radius 3 is 2.08 bits per heavy atom. The molecule has 9 heteroatoms. The van der Waals surface area contributed by atoms with E-state index in [4.69, 9.17) is 11.6 Å². The highest BCUT2D eigenvalue weighted by atomic mass is 79.9. The highest BCUT2D eigenvalue weighted by molar-refractivity contribution is 9.10. The van der Waals surface area contributed by atoms with E-state index < -0.39 is 27.0 Å². The largest absolute Gasteiger partial charge is 0.346 e. The molecular weight excluding hydrogens is 444 g/mol. The molecule has 0 spiro atoms. The van der Waals surface area contributed by atoms with Gasteiger partial charge in [-0.3, -0.25) is 9.59 Å². The van der Waals surface area contributed by atoms with E-state index in [9.17, 15) is 18.0 Å². The van der Waals surface area contributed by atoms with Gasteiger partial charge in [0.15, 0.2) is 0 Å². The average molecular weight is 460 g/mol. The van der Waals surface area contributed by atoms with Crippen LogP contribution < -0.4 is 5.32 Å². The van der Waals surface area contributed by atoms with Crippen LogP contribution >= 0.6 is 27.5 Å². The summed E-state index contributed by atoms with van der Waals surface area (Å²) in [7, 11) is -1.33. The van der Waals surface area contributed by atoms with E-state index in [1.54, 1.807) is 12.1 Å². The summed E-state index contributed by atoms with van der Waals surface area (Å²) in [6.07, 6.45) is 0. The zero-order chi connectivity index (χ0) is 19.5. The molecule has 0 aliphatic carbocycles. The number of hydrogen-bond acceptors (Lipinski definition) is 4. The van der Waals surface area contributed by atoms with Gasteiger partial charge in [-0.2, -0.15) is 0 Å². The summed E-state index contributed by atoms with van der Waals surface area (Å²) < 4.78 is 26.6. The van der Waals surface area contributed by atoms with Gasteiger partial charge in [0, 0.05) is 29.2 Å². The molecule has 2 amide bonds. The van der Waals surface area contributed by atoms with Gasteiger partial charge in [0.05, 0.1) is 4.90 Å². The van der Waals surface area contributed by atoms with Crippen molar-refractivity contribution in [3.05, 3.63) is 63.6 Å². The number of carbonyl (C=O) groups is 2. The van der Waals surface area contributed by atoms with Crippen LogP contribution in [0.2, 0.25) is 5.02 Å². The quantitative estimate of drug-likeness (QED) is 0.745. The van der Waals surface area contributed by atoms with E-state index in [1.807, 2.05) is 0 Å². The van der Waals surface area contributed by atoms with E-state index >= 15 is 0 Å². The smallest absolute Gasteiger partial charge is 0.260 e. The predicted molar refractivity (Wildman–Crippen MR) is 103 cm³/mol. The average Bonchev–Trinajstić information content (AvgIpc) is 2.59. The van der Waals surface area contributed by atoms with Crippen molar-refractivity contribution in [2.75, 3.05) is 14.1 Å². The monoisotopic (exact) mass is 458 g/mol. The van der Waals surface area contributed by atoms with Gasteiger partial charge in [-0.15, -0.1) is 0 Å². The molecule has 2 aromatic rings. The van der Waals surface area contributed by atoms with Gasteiger partial charge in [-0.1, -0.05) is 27.5 Å². The number of rotatable bonds is 5. The van der Waals surface area contributed by atoms with Gasteiger partial charge in [0.1, 0.15) is 0 Å². The van der Waals surface area contributed by atoms with Crippen molar-refractivity contribution < 1.29 is 18.0 Å². The number of nitrogens with one attached hydrogen (secondary N) is 1. The molecule has 0 aliphatic rings. The second-order valence-electron chi connectivity index (χ2n) is 5.59. The van der Waals surface area contributed by atoms with Crippen LogP contribution in [0.15, 0.2) is 57.9 Å². The fraction of sp³-hybridized carbons (Fsp3) is 0.176. The lowest BCUT2D eigenvalue weighted by Crippen LogP contribution is -2.50. The minimum Gasteiger partial charge on any atom is -0.346 e. The third-order valence-electron chi connectivity index (χ3n) is 3.49. The SMILES string of the molecule is CN(C)C(=O)C(NC(=O)c1ccc(Br)cc1)S(=O)(=O)c1ccc(Cl)cc1. The number of nitrogens with zero attached hydrogens (tertiary/aromatic N) is 1. The Morgan fingerprint density at radius 2 is 1.58 bits per heavy atom. The van der Waals surface area contributed by atoms with Crippen LogP contribution in [0.1, 0.15) is 10.4 Å². The Bertz CT molecular complexity index is 913. The molecule has 0 saturated heterocycles. The molecule has 26 heavy (non-hydrogen) atoms. The molecule has 1 unspecified atom stereocenters. The normalized spacial score (nSPS) is 12.3. The van der Waals surface area contributed by atoms with E-state index in [0.717, 1.165) is 9.37 Å². The van der Waals surface area contributed by atoms with E-state index in [1.165, 1.54) is 50.5 Å². The Balaban J connectivity index is 2.40.